The fraction of sp³-hybridized carbons (Fsp3) is 0.462. The van der Waals surface area contributed by atoms with Gasteiger partial charge < -0.3 is 10.2 Å². The Morgan fingerprint density at radius 3 is 2.32 bits per heavy atom. The van der Waals surface area contributed by atoms with Gasteiger partial charge in [-0.05, 0) is 54.7 Å². The first-order valence-corrected chi connectivity index (χ1v) is 14.0. The fourth-order valence-corrected chi connectivity index (χ4v) is 5.52. The summed E-state index contributed by atoms with van der Waals surface area (Å²) in [4.78, 5) is 28.3. The minimum atomic E-state index is -0.518. The third kappa shape index (κ3) is 8.08. The molecule has 34 heavy (non-hydrogen) atoms. The summed E-state index contributed by atoms with van der Waals surface area (Å²) in [5.41, 5.74) is 1.94. The number of amides is 2. The summed E-state index contributed by atoms with van der Waals surface area (Å²) >= 11 is 19.7. The van der Waals surface area contributed by atoms with Gasteiger partial charge in [-0.2, -0.15) is 0 Å². The molecule has 0 heterocycles. The van der Waals surface area contributed by atoms with E-state index < -0.39 is 6.04 Å². The maximum absolute atomic E-state index is 13.4. The summed E-state index contributed by atoms with van der Waals surface area (Å²) < 4.78 is 0. The molecule has 1 aliphatic carbocycles. The van der Waals surface area contributed by atoms with Gasteiger partial charge in [-0.25, -0.2) is 0 Å². The van der Waals surface area contributed by atoms with Gasteiger partial charge in [-0.1, -0.05) is 79.2 Å². The van der Waals surface area contributed by atoms with Gasteiger partial charge in [0.05, 0.1) is 15.8 Å². The monoisotopic (exact) mass is 540 g/mol. The second kappa shape index (κ2) is 13.6. The number of benzene rings is 2. The number of carbonyl (C=O) groups excluding carboxylic acids is 2. The molecule has 1 atom stereocenters. The predicted octanol–water partition coefficient (Wildman–Crippen LogP) is 7.14. The van der Waals surface area contributed by atoms with Crippen LogP contribution in [-0.2, 0) is 21.9 Å². The summed E-state index contributed by atoms with van der Waals surface area (Å²) in [6.45, 7) is 2.32. The second-order valence-corrected chi connectivity index (χ2v) is 10.9. The number of nitrogens with one attached hydrogen (secondary N) is 1. The average molecular weight is 542 g/mol. The Hall–Kier alpha value is -1.40. The largest absolute Gasteiger partial charge is 0.352 e. The Morgan fingerprint density at radius 1 is 1.00 bits per heavy atom. The van der Waals surface area contributed by atoms with Gasteiger partial charge in [0.15, 0.2) is 0 Å². The van der Waals surface area contributed by atoms with Crippen molar-refractivity contribution in [1.82, 2.24) is 10.2 Å². The fourth-order valence-electron chi connectivity index (χ4n) is 4.22. The van der Waals surface area contributed by atoms with Crippen LogP contribution in [0.2, 0.25) is 15.1 Å². The van der Waals surface area contributed by atoms with Crippen molar-refractivity contribution >= 4 is 58.4 Å². The Morgan fingerprint density at radius 2 is 1.68 bits per heavy atom. The van der Waals surface area contributed by atoms with Gasteiger partial charge >= 0.3 is 0 Å². The lowest BCUT2D eigenvalue weighted by atomic mass is 9.95. The van der Waals surface area contributed by atoms with Crippen LogP contribution in [-0.4, -0.2) is 34.6 Å². The van der Waals surface area contributed by atoms with Crippen LogP contribution in [0.15, 0.2) is 42.5 Å². The second-order valence-electron chi connectivity index (χ2n) is 8.66. The topological polar surface area (TPSA) is 49.4 Å². The molecular formula is C26H31Cl3N2O2S. The number of carbonyl (C=O) groups is 2. The van der Waals surface area contributed by atoms with Crippen LogP contribution in [0.3, 0.4) is 0 Å². The van der Waals surface area contributed by atoms with Crippen molar-refractivity contribution in [2.75, 3.05) is 5.75 Å². The van der Waals surface area contributed by atoms with Crippen LogP contribution >= 0.6 is 46.6 Å². The Labute approximate surface area is 221 Å². The molecule has 1 N–H and O–H groups in total. The van der Waals surface area contributed by atoms with Crippen molar-refractivity contribution in [3.63, 3.8) is 0 Å². The van der Waals surface area contributed by atoms with E-state index in [1.54, 1.807) is 11.0 Å². The van der Waals surface area contributed by atoms with E-state index in [9.17, 15) is 9.59 Å². The highest BCUT2D eigenvalue weighted by Crippen LogP contribution is 2.25. The van der Waals surface area contributed by atoms with E-state index in [-0.39, 0.29) is 23.6 Å². The van der Waals surface area contributed by atoms with Crippen LogP contribution in [0.25, 0.3) is 0 Å². The zero-order valence-electron chi connectivity index (χ0n) is 19.4. The zero-order valence-corrected chi connectivity index (χ0v) is 22.5. The molecule has 4 nitrogen and oxygen atoms in total. The minimum Gasteiger partial charge on any atom is -0.352 e. The number of hydrogen-bond acceptors (Lipinski definition) is 3. The third-order valence-corrected chi connectivity index (χ3v) is 8.06. The van der Waals surface area contributed by atoms with E-state index in [0.29, 0.717) is 33.8 Å². The van der Waals surface area contributed by atoms with Crippen LogP contribution in [0.1, 0.15) is 56.6 Å². The van der Waals surface area contributed by atoms with Gasteiger partial charge in [0.2, 0.25) is 11.8 Å². The average Bonchev–Trinajstić information content (AvgIpc) is 2.83. The van der Waals surface area contributed by atoms with Crippen molar-refractivity contribution in [2.45, 2.75) is 69.8 Å². The quantitative estimate of drug-likeness (QED) is 0.348. The van der Waals surface area contributed by atoms with Gasteiger partial charge in [-0.15, -0.1) is 11.8 Å². The molecule has 0 bridgehead atoms. The number of nitrogens with zero attached hydrogens (tertiary/aromatic N) is 1. The molecule has 0 saturated heterocycles. The Kier molecular flexibility index (Phi) is 10.9. The number of halogens is 3. The van der Waals surface area contributed by atoms with E-state index in [4.69, 9.17) is 34.8 Å². The first-order chi connectivity index (χ1) is 16.4. The molecule has 0 aromatic heterocycles. The van der Waals surface area contributed by atoms with E-state index >= 15 is 0 Å². The van der Waals surface area contributed by atoms with Gasteiger partial charge in [0, 0.05) is 23.4 Å². The number of hydrogen-bond donors (Lipinski definition) is 1. The van der Waals surface area contributed by atoms with E-state index in [1.807, 2.05) is 43.3 Å². The van der Waals surface area contributed by atoms with Gasteiger partial charge in [-0.3, -0.25) is 9.59 Å². The zero-order chi connectivity index (χ0) is 24.5. The SMILES string of the molecule is CC[C@H](C(=O)NC1CCCCC1)N(Cc1ccc(Cl)cc1)C(=O)CSCc1ccc(Cl)c(Cl)c1. The maximum Gasteiger partial charge on any atom is 0.243 e. The summed E-state index contributed by atoms with van der Waals surface area (Å²) in [5.74, 6) is 0.764. The lowest BCUT2D eigenvalue weighted by molar-refractivity contribution is -0.139. The molecule has 2 aromatic rings. The minimum absolute atomic E-state index is 0.0637. The highest BCUT2D eigenvalue weighted by atomic mass is 35.5. The first kappa shape index (κ1) is 27.2. The molecule has 184 valence electrons. The molecule has 8 heteroatoms. The molecule has 0 radical (unpaired) electrons. The van der Waals surface area contributed by atoms with Crippen molar-refractivity contribution in [3.8, 4) is 0 Å². The van der Waals surface area contributed by atoms with Crippen LogP contribution in [0.4, 0.5) is 0 Å². The molecule has 1 fully saturated rings. The van der Waals surface area contributed by atoms with Crippen molar-refractivity contribution in [3.05, 3.63) is 68.7 Å². The molecule has 2 aromatic carbocycles. The normalized spacial score (nSPS) is 15.1. The molecular weight excluding hydrogens is 511 g/mol. The molecule has 3 rings (SSSR count). The standard InChI is InChI=1S/C26H31Cl3N2O2S/c1-2-24(26(33)30-21-6-4-3-5-7-21)31(15-18-8-11-20(27)12-9-18)25(32)17-34-16-19-10-13-22(28)23(29)14-19/h8-14,21,24H,2-7,15-17H2,1H3,(H,30,33)/t24-/m1/s1. The molecule has 1 saturated carbocycles. The number of thioether (sulfide) groups is 1. The van der Waals surface area contributed by atoms with Gasteiger partial charge in [0.25, 0.3) is 0 Å². The molecule has 0 unspecified atom stereocenters. The van der Waals surface area contributed by atoms with Crippen LogP contribution < -0.4 is 5.32 Å². The predicted molar refractivity (Wildman–Crippen MR) is 144 cm³/mol. The molecule has 0 aliphatic heterocycles. The third-order valence-electron chi connectivity index (χ3n) is 6.08. The van der Waals surface area contributed by atoms with E-state index in [2.05, 4.69) is 5.32 Å². The van der Waals surface area contributed by atoms with E-state index in [0.717, 1.165) is 36.8 Å². The molecule has 0 spiro atoms. The van der Waals surface area contributed by atoms with Crippen LogP contribution in [0.5, 0.6) is 0 Å². The molecule has 1 aliphatic rings. The highest BCUT2D eigenvalue weighted by molar-refractivity contribution is 7.99. The summed E-state index contributed by atoms with van der Waals surface area (Å²) in [6, 6.07) is 12.6. The smallest absolute Gasteiger partial charge is 0.243 e. The van der Waals surface area contributed by atoms with Crippen LogP contribution in [0, 0.1) is 0 Å². The van der Waals surface area contributed by atoms with Crippen molar-refractivity contribution in [1.29, 1.82) is 0 Å². The lowest BCUT2D eigenvalue weighted by Gasteiger charge is -2.32. The number of rotatable bonds is 10. The summed E-state index contributed by atoms with van der Waals surface area (Å²) in [6.07, 6.45) is 6.07. The van der Waals surface area contributed by atoms with E-state index in [1.165, 1.54) is 18.2 Å². The highest BCUT2D eigenvalue weighted by Gasteiger charge is 2.30. The summed E-state index contributed by atoms with van der Waals surface area (Å²) in [7, 11) is 0. The van der Waals surface area contributed by atoms with Crippen molar-refractivity contribution in [2.24, 2.45) is 0 Å². The first-order valence-electron chi connectivity index (χ1n) is 11.7. The molecule has 2 amide bonds. The lowest BCUT2D eigenvalue weighted by Crippen LogP contribution is -2.52. The van der Waals surface area contributed by atoms with Gasteiger partial charge in [0.1, 0.15) is 6.04 Å². The maximum atomic E-state index is 13.4. The Balaban J connectivity index is 1.69. The summed E-state index contributed by atoms with van der Waals surface area (Å²) in [5, 5.41) is 4.86. The van der Waals surface area contributed by atoms with Crippen molar-refractivity contribution < 1.29 is 9.59 Å². The Bertz CT molecular complexity index is 965.